The minimum atomic E-state index is -0.0793. The number of Topliss-reactive ketones (excluding diaryl/α,β-unsaturated/α-hetero) is 3. The summed E-state index contributed by atoms with van der Waals surface area (Å²) in [5, 5.41) is 2.70. The predicted octanol–water partition coefficient (Wildman–Crippen LogP) is 19.6. The molecule has 20 rings (SSSR count). The number of piperidine rings is 7. The molecule has 0 atom stereocenters. The lowest BCUT2D eigenvalue weighted by atomic mass is 9.82. The molecule has 0 saturated carbocycles. The SMILES string of the molecule is CCC(C)(C)c1ccc([I+]c2ccc(C(C)(C)CC)cc2)cc1.CCCCOc1ccc([S+]2CCCC2)c2ccccc12.CN1CCC(N2CCCC2)CC1.CN1CCC(N2CCCCC2)CC1.CN1CCC(N2CCCCC2)CC1.CN1CCC([N+](C)(C)C)CC1.COc1ccc(N2CCCCC2)cc1.O=C(C[S+]1CCCC1)c1ccccc1.O=C(C[S+]1CCCC1)c1ccccc1.O=C(C[S+]1CCCC1)c1ccccc1.[Br-]. The number of quaternary nitrogens is 1. The molecule has 824 valence electrons. The minimum absolute atomic E-state index is 0. The van der Waals surface area contributed by atoms with Crippen molar-refractivity contribution in [3.63, 3.8) is 0 Å². The van der Waals surface area contributed by atoms with Crippen LogP contribution in [0.25, 0.3) is 10.8 Å². The summed E-state index contributed by atoms with van der Waals surface area (Å²) in [7, 11) is 19.2. The van der Waals surface area contributed by atoms with Crippen LogP contribution in [0.3, 0.4) is 0 Å². The molecule has 0 bridgehead atoms. The normalized spacial score (nSPS) is 19.7. The van der Waals surface area contributed by atoms with Gasteiger partial charge in [-0.1, -0.05) is 201 Å². The largest absolute Gasteiger partial charge is 1.00 e. The number of hydrogen-bond acceptors (Lipinski definition) is 13. The van der Waals surface area contributed by atoms with Crippen molar-refractivity contribution in [1.29, 1.82) is 0 Å². The van der Waals surface area contributed by atoms with Crippen LogP contribution in [0.1, 0.15) is 290 Å². The Kier molecular flexibility index (Phi) is 58.2. The molecule has 0 amide bonds. The third kappa shape index (κ3) is 45.0. The van der Waals surface area contributed by atoms with E-state index in [2.05, 4.69) is 234 Å². The van der Waals surface area contributed by atoms with E-state index in [9.17, 15) is 14.4 Å². The Morgan fingerprint density at radius 1 is 0.356 bits per heavy atom. The molecule has 0 radical (unpaired) electrons. The molecule has 12 aliphatic heterocycles. The third-order valence-electron chi connectivity index (χ3n) is 32.9. The number of halogens is 2. The zero-order valence-electron chi connectivity index (χ0n) is 95.5. The van der Waals surface area contributed by atoms with Crippen LogP contribution >= 0.6 is 0 Å². The number of nitrogens with zero attached hydrogens (tertiary/aromatic N) is 9. The second-order valence-electron chi connectivity index (χ2n) is 45.9. The lowest BCUT2D eigenvalue weighted by Gasteiger charge is -2.39. The molecule has 12 fully saturated rings. The zero-order chi connectivity index (χ0) is 105. The number of benzene rings is 8. The number of likely N-dealkylation sites (tertiary alicyclic amines) is 7. The van der Waals surface area contributed by atoms with Gasteiger partial charge in [-0.2, -0.15) is 0 Å². The minimum Gasteiger partial charge on any atom is -1.00 e. The van der Waals surface area contributed by atoms with Crippen LogP contribution in [-0.4, -0.2) is 311 Å². The summed E-state index contributed by atoms with van der Waals surface area (Å²) in [6, 6.07) is 72.9. The Labute approximate surface area is 940 Å². The number of carbonyl (C=O) groups excluding carboxylic acids is 3. The van der Waals surface area contributed by atoms with E-state index in [0.29, 0.717) is 60.9 Å². The molecular weight excluding hydrogens is 2090 g/mol. The van der Waals surface area contributed by atoms with E-state index in [4.69, 9.17) is 9.47 Å². The number of anilines is 1. The Bertz CT molecular complexity index is 4660. The Morgan fingerprint density at radius 3 is 1.00 bits per heavy atom. The first-order chi connectivity index (χ1) is 71.7. The second kappa shape index (κ2) is 69.1. The molecule has 12 aliphatic rings. The monoisotopic (exact) mass is 2290 g/mol. The maximum Gasteiger partial charge on any atom is 0.357 e. The summed E-state index contributed by atoms with van der Waals surface area (Å²) in [6.07, 6.45) is 42.1. The van der Waals surface area contributed by atoms with Gasteiger partial charge < -0.3 is 70.1 Å². The van der Waals surface area contributed by atoms with Crippen LogP contribution in [0.15, 0.2) is 205 Å². The number of unbranched alkanes of at least 4 members (excludes halogenated alkanes) is 1. The van der Waals surface area contributed by atoms with Gasteiger partial charge in [0.05, 0.1) is 40.9 Å². The summed E-state index contributed by atoms with van der Waals surface area (Å²) in [6.45, 7) is 37.9. The van der Waals surface area contributed by atoms with Crippen molar-refractivity contribution in [3.05, 3.63) is 235 Å². The molecule has 8 aromatic carbocycles. The zero-order valence-corrected chi connectivity index (χ0v) is 103. The van der Waals surface area contributed by atoms with Gasteiger partial charge in [-0.05, 0) is 395 Å². The van der Waals surface area contributed by atoms with Gasteiger partial charge >= 0.3 is 21.2 Å². The van der Waals surface area contributed by atoms with Gasteiger partial charge in [0.2, 0.25) is 17.3 Å². The number of hydrogen-bond donors (Lipinski definition) is 0. The molecule has 14 nitrogen and oxygen atoms in total. The quantitative estimate of drug-likeness (QED) is 0.0169. The van der Waals surface area contributed by atoms with Crippen molar-refractivity contribution < 1.29 is 66.5 Å². The summed E-state index contributed by atoms with van der Waals surface area (Å²) in [5.41, 5.74) is 7.44. The molecule has 0 unspecified atom stereocenters. The highest BCUT2D eigenvalue weighted by molar-refractivity contribution is 7.98. The van der Waals surface area contributed by atoms with E-state index in [1.165, 1.54) is 378 Å². The van der Waals surface area contributed by atoms with Gasteiger partial charge in [0, 0.05) is 101 Å². The van der Waals surface area contributed by atoms with Crippen LogP contribution in [0.4, 0.5) is 5.69 Å². The second-order valence-corrected chi connectivity index (χ2v) is 58.2. The van der Waals surface area contributed by atoms with Crippen molar-refractivity contribution in [3.8, 4) is 11.5 Å². The summed E-state index contributed by atoms with van der Waals surface area (Å²) >= 11 is -0.0793. The average Bonchev–Trinajstić information content (AvgIpc) is 1.78. The molecule has 0 N–H and O–H groups in total. The molecule has 8 aromatic rings. The number of fused-ring (bicyclic) bond motifs is 1. The van der Waals surface area contributed by atoms with Gasteiger partial charge in [0.15, 0.2) is 29.3 Å². The maximum atomic E-state index is 11.8. The van der Waals surface area contributed by atoms with E-state index in [1.807, 2.05) is 103 Å². The first-order valence-corrected chi connectivity index (χ1v) is 67.2. The van der Waals surface area contributed by atoms with Crippen molar-refractivity contribution in [1.82, 2.24) is 34.3 Å². The van der Waals surface area contributed by atoms with Crippen LogP contribution < -0.4 is 52.6 Å². The number of methoxy groups -OCH3 is 1. The molecule has 149 heavy (non-hydrogen) atoms. The Balaban J connectivity index is 0.000000170. The van der Waals surface area contributed by atoms with Gasteiger partial charge in [-0.15, -0.1) is 0 Å². The van der Waals surface area contributed by atoms with E-state index >= 15 is 0 Å². The molecule has 12 heterocycles. The fourth-order valence-corrected chi connectivity index (χ4v) is 33.4. The smallest absolute Gasteiger partial charge is 0.357 e. The first-order valence-electron chi connectivity index (χ1n) is 58.3. The van der Waals surface area contributed by atoms with E-state index in [-0.39, 0.29) is 49.0 Å². The Hall–Kier alpha value is -5.28. The van der Waals surface area contributed by atoms with Crippen LogP contribution in [-0.2, 0) is 54.4 Å². The van der Waals surface area contributed by atoms with Crippen molar-refractivity contribution in [2.24, 2.45) is 0 Å². The molecule has 20 heteroatoms. The highest BCUT2D eigenvalue weighted by Gasteiger charge is 2.36. The first kappa shape index (κ1) is 126. The number of ketones is 3. The van der Waals surface area contributed by atoms with Crippen LogP contribution in [0.2, 0.25) is 0 Å². The fourth-order valence-electron chi connectivity index (χ4n) is 22.0. The van der Waals surface area contributed by atoms with Gasteiger partial charge in [0.1, 0.15) is 57.5 Å². The number of ether oxygens (including phenoxy) is 2. The predicted molar refractivity (Wildman–Crippen MR) is 643 cm³/mol. The molecule has 12 saturated heterocycles. The van der Waals surface area contributed by atoms with Crippen molar-refractivity contribution >= 4 is 77.4 Å². The van der Waals surface area contributed by atoms with E-state index in [0.717, 1.165) is 87.1 Å². The Morgan fingerprint density at radius 2 is 0.671 bits per heavy atom. The standard InChI is InChI=1S/C22H30I.C18H23OS.C12H17NO.3C12H15OS.2C11H22N2.C10H20N2.C9H21N2.BrH/c1-7-21(3,4)17-9-13-19(14-10-17)23-20-15-11-18(12-16-20)22(5,6)8-2;1-2-3-12-19-17-10-11-18(20-13-6-7-14-20)16-9-5-4-8-15(16)17;1-14-12-7-5-11(6-8-12)13-9-3-2-4-10-13;3*13-12(10-14-8-4-5-9-14)11-6-2-1-3-7-11;2*1-12-9-5-11(6-10-12)13-7-3-2-4-8-13;1-11-8-4-10(5-9-11)12-6-2-3-7-12;1-10-7-5-9(6-8-10)11(2,3)4;/h9-16H,7-8H2,1-6H3;4-5,8-11H,2-3,6-7,12-14H2,1H3;5-8H,2-4,9-10H2,1H3;3*1-3,6-7H,4-5,8-10H2;2*11H,2-10H2,1H3;10H,2-9H2,1H3;9H,5-8H2,1-4H3;1H/q2*+1;;3*+1;;;;+1;/p-1. The molecule has 0 spiro atoms. The van der Waals surface area contributed by atoms with Crippen LogP contribution in [0, 0.1) is 7.14 Å². The fraction of sp³-hybridized carbons (Fsp3) is 0.620. The van der Waals surface area contributed by atoms with E-state index < -0.39 is 0 Å². The topological polar surface area (TPSA) is 95.6 Å². The lowest BCUT2D eigenvalue weighted by molar-refractivity contribution is -0.897. The number of rotatable bonds is 26. The number of carbonyl (C=O) groups is 3. The average molecular weight is 2290 g/mol. The van der Waals surface area contributed by atoms with Gasteiger partial charge in [-0.25, -0.2) is 0 Å². The molecule has 0 aromatic heterocycles. The third-order valence-corrected chi connectivity index (χ3v) is 45.4. The van der Waals surface area contributed by atoms with E-state index in [1.54, 1.807) is 12.0 Å². The summed E-state index contributed by atoms with van der Waals surface area (Å²) in [4.78, 5) is 57.4. The maximum absolute atomic E-state index is 11.8. The molecular formula is C129H200BrIN9O5S4+5. The van der Waals surface area contributed by atoms with Crippen molar-refractivity contribution in [2.75, 3.05) is 236 Å². The molecule has 0 aliphatic carbocycles. The summed E-state index contributed by atoms with van der Waals surface area (Å²) in [5.74, 6) is 15.7. The van der Waals surface area contributed by atoms with Gasteiger partial charge in [0.25, 0.3) is 0 Å². The van der Waals surface area contributed by atoms with Gasteiger partial charge in [-0.3, -0.25) is 14.4 Å². The lowest BCUT2D eigenvalue weighted by Crippen LogP contribution is -3.61. The van der Waals surface area contributed by atoms with Crippen molar-refractivity contribution in [2.45, 2.75) is 287 Å². The highest BCUT2D eigenvalue weighted by atomic mass is 127. The highest BCUT2D eigenvalue weighted by Crippen LogP contribution is 2.37. The summed E-state index contributed by atoms with van der Waals surface area (Å²) < 4.78 is 15.3. The van der Waals surface area contributed by atoms with Crippen LogP contribution in [0.5, 0.6) is 11.5 Å².